The van der Waals surface area contributed by atoms with Gasteiger partial charge in [-0.2, -0.15) is 0 Å². The molecule has 140 valence electrons. The zero-order valence-corrected chi connectivity index (χ0v) is 16.3. The summed E-state index contributed by atoms with van der Waals surface area (Å²) in [5.41, 5.74) is 4.91. The minimum Gasteiger partial charge on any atom is -0.396 e. The van der Waals surface area contributed by atoms with Crippen LogP contribution in [0.25, 0.3) is 10.9 Å². The van der Waals surface area contributed by atoms with E-state index < -0.39 is 0 Å². The third-order valence-electron chi connectivity index (χ3n) is 5.13. The number of amides is 1. The van der Waals surface area contributed by atoms with Crippen molar-refractivity contribution in [1.29, 1.82) is 0 Å². The molecule has 1 aliphatic heterocycles. The van der Waals surface area contributed by atoms with Gasteiger partial charge in [0.05, 0.1) is 6.54 Å². The summed E-state index contributed by atoms with van der Waals surface area (Å²) in [6.07, 6.45) is 2.16. The zero-order chi connectivity index (χ0) is 19.0. The van der Waals surface area contributed by atoms with Crippen molar-refractivity contribution < 1.29 is 9.90 Å². The molecule has 4 nitrogen and oxygen atoms in total. The number of nitrogens with one attached hydrogen (secondary N) is 1. The number of carbonyl (C=O) groups is 1. The number of aryl methyl sites for hydroxylation is 1. The highest BCUT2D eigenvalue weighted by atomic mass is 35.5. The number of benzene rings is 2. The fourth-order valence-electron chi connectivity index (χ4n) is 3.72. The van der Waals surface area contributed by atoms with Crippen LogP contribution in [0.5, 0.6) is 0 Å². The summed E-state index contributed by atoms with van der Waals surface area (Å²) in [7, 11) is 0. The first-order valence-electron chi connectivity index (χ1n) is 9.04. The van der Waals surface area contributed by atoms with Gasteiger partial charge in [0.25, 0.3) is 5.91 Å². The van der Waals surface area contributed by atoms with Crippen molar-refractivity contribution in [3.63, 3.8) is 0 Å². The molecule has 0 unspecified atom stereocenters. The summed E-state index contributed by atoms with van der Waals surface area (Å²) in [4.78, 5) is 18.2. The third kappa shape index (κ3) is 3.57. The van der Waals surface area contributed by atoms with Gasteiger partial charge in [-0.15, -0.1) is 0 Å². The van der Waals surface area contributed by atoms with E-state index in [1.54, 1.807) is 6.07 Å². The molecule has 0 fully saturated rings. The first kappa shape index (κ1) is 18.4. The van der Waals surface area contributed by atoms with Crippen molar-refractivity contribution in [3.05, 3.63) is 68.8 Å². The van der Waals surface area contributed by atoms with Crippen LogP contribution in [0.3, 0.4) is 0 Å². The molecular formula is C21H20Cl2N2O2. The normalized spacial score (nSPS) is 13.8. The Hall–Kier alpha value is -2.01. The van der Waals surface area contributed by atoms with Gasteiger partial charge < -0.3 is 15.0 Å². The Morgan fingerprint density at radius 3 is 2.81 bits per heavy atom. The zero-order valence-electron chi connectivity index (χ0n) is 14.8. The largest absolute Gasteiger partial charge is 0.396 e. The molecule has 2 aromatic carbocycles. The Morgan fingerprint density at radius 2 is 2.04 bits per heavy atom. The topological polar surface area (TPSA) is 56.3 Å². The molecule has 1 aromatic heterocycles. The van der Waals surface area contributed by atoms with Gasteiger partial charge in [-0.3, -0.25) is 4.79 Å². The van der Waals surface area contributed by atoms with Crippen LogP contribution in [-0.2, 0) is 19.4 Å². The van der Waals surface area contributed by atoms with Gasteiger partial charge in [0, 0.05) is 45.4 Å². The molecule has 27 heavy (non-hydrogen) atoms. The highest BCUT2D eigenvalue weighted by Gasteiger charge is 2.25. The second kappa shape index (κ2) is 7.55. The average Bonchev–Trinajstić information content (AvgIpc) is 3.03. The van der Waals surface area contributed by atoms with Gasteiger partial charge >= 0.3 is 0 Å². The molecule has 2 heterocycles. The predicted octanol–water partition coefficient (Wildman–Crippen LogP) is 4.60. The molecule has 0 atom stereocenters. The van der Waals surface area contributed by atoms with Crippen LogP contribution < -0.4 is 0 Å². The third-order valence-corrected chi connectivity index (χ3v) is 5.72. The SMILES string of the molecule is O=C(c1ccc(CCCO)c(Cl)c1)N1CCc2c([nH]c3ccc(Cl)cc23)C1. The summed E-state index contributed by atoms with van der Waals surface area (Å²) >= 11 is 12.5. The van der Waals surface area contributed by atoms with Crippen molar-refractivity contribution in [1.82, 2.24) is 9.88 Å². The van der Waals surface area contributed by atoms with Crippen LogP contribution in [0.1, 0.15) is 33.6 Å². The maximum absolute atomic E-state index is 12.9. The van der Waals surface area contributed by atoms with E-state index >= 15 is 0 Å². The van der Waals surface area contributed by atoms with Gasteiger partial charge in [-0.1, -0.05) is 29.3 Å². The van der Waals surface area contributed by atoms with E-state index in [0.29, 0.717) is 36.5 Å². The molecule has 0 saturated carbocycles. The molecule has 2 N–H and O–H groups in total. The van der Waals surface area contributed by atoms with Crippen molar-refractivity contribution in [2.75, 3.05) is 13.2 Å². The maximum Gasteiger partial charge on any atom is 0.254 e. The van der Waals surface area contributed by atoms with E-state index in [-0.39, 0.29) is 12.5 Å². The summed E-state index contributed by atoms with van der Waals surface area (Å²) in [5, 5.41) is 11.4. The molecule has 4 rings (SSSR count). The molecule has 0 radical (unpaired) electrons. The lowest BCUT2D eigenvalue weighted by atomic mass is 10.0. The standard InChI is InChI=1S/C21H20Cl2N2O2/c22-15-5-6-19-17(11-15)16-7-8-25(12-20(16)24-19)21(27)14-4-3-13(2-1-9-26)18(23)10-14/h3-6,10-11,24,26H,1-2,7-9,12H2. The number of rotatable bonds is 4. The van der Waals surface area contributed by atoms with Crippen LogP contribution in [0.2, 0.25) is 10.0 Å². The number of nitrogens with zero attached hydrogens (tertiary/aromatic N) is 1. The summed E-state index contributed by atoms with van der Waals surface area (Å²) in [6.45, 7) is 1.34. The number of fused-ring (bicyclic) bond motifs is 3. The Morgan fingerprint density at radius 1 is 1.19 bits per heavy atom. The predicted molar refractivity (Wildman–Crippen MR) is 109 cm³/mol. The molecule has 1 amide bonds. The number of aliphatic hydroxyl groups excluding tert-OH is 1. The summed E-state index contributed by atoms with van der Waals surface area (Å²) < 4.78 is 0. The molecule has 0 aliphatic carbocycles. The van der Waals surface area contributed by atoms with Gasteiger partial charge in [-0.05, 0) is 60.7 Å². The number of aliphatic hydroxyl groups is 1. The van der Waals surface area contributed by atoms with Gasteiger partial charge in [0.15, 0.2) is 0 Å². The molecule has 3 aromatic rings. The Bertz CT molecular complexity index is 1010. The van der Waals surface area contributed by atoms with E-state index in [1.165, 1.54) is 5.56 Å². The number of halogens is 2. The molecule has 0 saturated heterocycles. The van der Waals surface area contributed by atoms with Crippen LogP contribution in [-0.4, -0.2) is 34.0 Å². The fourth-order valence-corrected chi connectivity index (χ4v) is 4.17. The minimum absolute atomic E-state index is 0.0204. The second-order valence-corrected chi connectivity index (χ2v) is 7.73. The van der Waals surface area contributed by atoms with Gasteiger partial charge in [0.2, 0.25) is 0 Å². The monoisotopic (exact) mass is 402 g/mol. The lowest BCUT2D eigenvalue weighted by Crippen LogP contribution is -2.35. The highest BCUT2D eigenvalue weighted by molar-refractivity contribution is 6.32. The fraction of sp³-hybridized carbons (Fsp3) is 0.286. The number of aromatic amines is 1. The number of hydrogen-bond acceptors (Lipinski definition) is 2. The smallest absolute Gasteiger partial charge is 0.254 e. The van der Waals surface area contributed by atoms with Gasteiger partial charge in [0.1, 0.15) is 0 Å². The quantitative estimate of drug-likeness (QED) is 0.669. The number of H-pyrrole nitrogens is 1. The van der Waals surface area contributed by atoms with Crippen molar-refractivity contribution in [2.24, 2.45) is 0 Å². The molecule has 0 spiro atoms. The molecular weight excluding hydrogens is 383 g/mol. The van der Waals surface area contributed by atoms with E-state index in [4.69, 9.17) is 28.3 Å². The maximum atomic E-state index is 12.9. The Kier molecular flexibility index (Phi) is 5.13. The van der Waals surface area contributed by atoms with E-state index in [0.717, 1.165) is 33.6 Å². The highest BCUT2D eigenvalue weighted by Crippen LogP contribution is 2.30. The minimum atomic E-state index is -0.0204. The van der Waals surface area contributed by atoms with E-state index in [2.05, 4.69) is 4.98 Å². The van der Waals surface area contributed by atoms with Crippen LogP contribution >= 0.6 is 23.2 Å². The van der Waals surface area contributed by atoms with Gasteiger partial charge in [-0.25, -0.2) is 0 Å². The first-order chi connectivity index (χ1) is 13.1. The first-order valence-corrected chi connectivity index (χ1v) is 9.80. The van der Waals surface area contributed by atoms with Crippen molar-refractivity contribution >= 4 is 40.0 Å². The summed E-state index contributed by atoms with van der Waals surface area (Å²) in [5.74, 6) is -0.0204. The lowest BCUT2D eigenvalue weighted by molar-refractivity contribution is 0.0733. The Balaban J connectivity index is 1.56. The van der Waals surface area contributed by atoms with Crippen molar-refractivity contribution in [2.45, 2.75) is 25.8 Å². The van der Waals surface area contributed by atoms with E-state index in [1.807, 2.05) is 35.2 Å². The molecule has 6 heteroatoms. The Labute approximate surface area is 167 Å². The summed E-state index contributed by atoms with van der Waals surface area (Å²) in [6, 6.07) is 11.3. The van der Waals surface area contributed by atoms with Crippen molar-refractivity contribution in [3.8, 4) is 0 Å². The van der Waals surface area contributed by atoms with Crippen LogP contribution in [0.4, 0.5) is 0 Å². The number of aromatic nitrogens is 1. The number of hydrogen-bond donors (Lipinski definition) is 2. The van der Waals surface area contributed by atoms with Crippen LogP contribution in [0.15, 0.2) is 36.4 Å². The average molecular weight is 403 g/mol. The molecule has 1 aliphatic rings. The lowest BCUT2D eigenvalue weighted by Gasteiger charge is -2.27. The second-order valence-electron chi connectivity index (χ2n) is 6.88. The molecule has 0 bridgehead atoms. The van der Waals surface area contributed by atoms with Crippen LogP contribution in [0, 0.1) is 0 Å². The number of carbonyl (C=O) groups excluding carboxylic acids is 1. The van der Waals surface area contributed by atoms with E-state index in [9.17, 15) is 4.79 Å².